The van der Waals surface area contributed by atoms with Crippen LogP contribution in [0.15, 0.2) is 36.4 Å². The van der Waals surface area contributed by atoms with Gasteiger partial charge in [0.2, 0.25) is 0 Å². The van der Waals surface area contributed by atoms with Crippen molar-refractivity contribution >= 4 is 5.78 Å². The fourth-order valence-corrected chi connectivity index (χ4v) is 5.29. The number of benzene rings is 2. The Morgan fingerprint density at radius 3 is 1.40 bits per heavy atom. The van der Waals surface area contributed by atoms with Crippen molar-refractivity contribution in [3.63, 3.8) is 0 Å². The Labute approximate surface area is 179 Å². The summed E-state index contributed by atoms with van der Waals surface area (Å²) < 4.78 is 0. The maximum Gasteiger partial charge on any atom is 0.193 e. The molecule has 4 rings (SSSR count). The van der Waals surface area contributed by atoms with Gasteiger partial charge in [0.15, 0.2) is 5.78 Å². The molecule has 162 valence electrons. The molecule has 0 bridgehead atoms. The second kappa shape index (κ2) is 10.6. The quantitative estimate of drug-likeness (QED) is 0.313. The molecule has 0 saturated heterocycles. The Balaban J connectivity index is 0.00000124. The van der Waals surface area contributed by atoms with Crippen LogP contribution in [0.5, 0.6) is 11.5 Å². The van der Waals surface area contributed by atoms with Crippen molar-refractivity contribution in [2.75, 3.05) is 0 Å². The minimum absolute atomic E-state index is 0.0621. The highest BCUT2D eigenvalue weighted by molar-refractivity contribution is 6.11. The van der Waals surface area contributed by atoms with Crippen LogP contribution in [0.1, 0.15) is 103 Å². The number of phenols is 2. The molecule has 0 aliphatic heterocycles. The molecule has 0 amide bonds. The van der Waals surface area contributed by atoms with Gasteiger partial charge in [-0.05, 0) is 49.7 Å². The van der Waals surface area contributed by atoms with E-state index in [2.05, 4.69) is 11.7 Å². The average Bonchev–Trinajstić information content (AvgIpc) is 2.80. The number of phenolic OH excluding ortho intramolecular Hbond substituents is 2. The lowest BCUT2D eigenvalue weighted by molar-refractivity contribution is 0.103. The highest BCUT2D eigenvalue weighted by Gasteiger charge is 2.29. The third kappa shape index (κ3) is 4.68. The van der Waals surface area contributed by atoms with Gasteiger partial charge in [-0.25, -0.2) is 0 Å². The van der Waals surface area contributed by atoms with Gasteiger partial charge in [0, 0.05) is 22.3 Å². The molecule has 0 spiro atoms. The largest absolute Gasteiger partial charge is 0.508 e. The summed E-state index contributed by atoms with van der Waals surface area (Å²) >= 11 is 0. The minimum atomic E-state index is -0.0621. The van der Waals surface area contributed by atoms with Gasteiger partial charge in [-0.1, -0.05) is 62.8 Å². The second-order valence-corrected chi connectivity index (χ2v) is 8.48. The molecule has 5 heteroatoms. The lowest BCUT2D eigenvalue weighted by atomic mass is 9.77. The van der Waals surface area contributed by atoms with E-state index in [-0.39, 0.29) is 29.1 Å². The monoisotopic (exact) mass is 410 g/mol. The third-order valence-corrected chi connectivity index (χ3v) is 6.68. The Bertz CT molecular complexity index is 784. The van der Waals surface area contributed by atoms with Crippen molar-refractivity contribution in [3.8, 4) is 11.5 Å². The summed E-state index contributed by atoms with van der Waals surface area (Å²) in [5.74, 6) is 8.89. The van der Waals surface area contributed by atoms with E-state index >= 15 is 0 Å². The fraction of sp³-hybridized carbons (Fsp3) is 0.480. The summed E-state index contributed by atoms with van der Waals surface area (Å²) in [4.78, 5) is 13.7. The number of carbonyl (C=O) groups is 1. The molecule has 0 atom stereocenters. The molecule has 2 aliphatic rings. The first-order valence-corrected chi connectivity index (χ1v) is 11.2. The Morgan fingerprint density at radius 1 is 0.667 bits per heavy atom. The van der Waals surface area contributed by atoms with Crippen LogP contribution in [0.4, 0.5) is 0 Å². The molecule has 0 unspecified atom stereocenters. The standard InChI is InChI=1S/C25H30O3.H4N2/c26-21-15-7-13-19(23(21)17-9-3-1-4-10-17)25(28)20-14-8-16-22(27)24(20)18-11-5-2-6-12-18;1-2/h7-8,13-18,26-27H,1-6,9-12H2;1-2H2. The molecule has 2 saturated carbocycles. The van der Waals surface area contributed by atoms with Crippen LogP contribution in [-0.4, -0.2) is 16.0 Å². The zero-order chi connectivity index (χ0) is 21.5. The van der Waals surface area contributed by atoms with E-state index in [1.165, 1.54) is 12.8 Å². The molecule has 30 heavy (non-hydrogen) atoms. The number of hydrogen-bond acceptors (Lipinski definition) is 5. The molecule has 2 fully saturated rings. The number of aromatic hydroxyl groups is 2. The lowest BCUT2D eigenvalue weighted by Gasteiger charge is -2.27. The summed E-state index contributed by atoms with van der Waals surface area (Å²) in [6.07, 6.45) is 11.1. The highest BCUT2D eigenvalue weighted by Crippen LogP contribution is 2.42. The zero-order valence-corrected chi connectivity index (χ0v) is 17.6. The maximum absolute atomic E-state index is 13.7. The number of nitrogens with two attached hydrogens (primary N) is 2. The number of rotatable bonds is 4. The highest BCUT2D eigenvalue weighted by atomic mass is 16.3. The zero-order valence-electron chi connectivity index (χ0n) is 17.6. The van der Waals surface area contributed by atoms with Crippen molar-refractivity contribution in [3.05, 3.63) is 58.7 Å². The van der Waals surface area contributed by atoms with Gasteiger partial charge in [-0.2, -0.15) is 0 Å². The van der Waals surface area contributed by atoms with E-state index in [0.717, 1.165) is 62.5 Å². The van der Waals surface area contributed by atoms with Gasteiger partial charge in [-0.3, -0.25) is 16.5 Å². The van der Waals surface area contributed by atoms with Crippen LogP contribution in [0.2, 0.25) is 0 Å². The summed E-state index contributed by atoms with van der Waals surface area (Å²) in [6.45, 7) is 0. The van der Waals surface area contributed by atoms with Gasteiger partial charge in [0.25, 0.3) is 0 Å². The Kier molecular flexibility index (Phi) is 7.88. The third-order valence-electron chi connectivity index (χ3n) is 6.68. The van der Waals surface area contributed by atoms with E-state index in [0.29, 0.717) is 11.1 Å². The number of hydrogen-bond donors (Lipinski definition) is 4. The molecule has 6 N–H and O–H groups in total. The SMILES string of the molecule is NN.O=C(c1cccc(O)c1C1CCCCC1)c1cccc(O)c1C1CCCCC1. The average molecular weight is 411 g/mol. The van der Waals surface area contributed by atoms with Crippen LogP contribution in [-0.2, 0) is 0 Å². The molecule has 5 nitrogen and oxygen atoms in total. The smallest absolute Gasteiger partial charge is 0.193 e. The molecule has 0 heterocycles. The molecule has 2 aromatic carbocycles. The topological polar surface area (TPSA) is 110 Å². The van der Waals surface area contributed by atoms with E-state index < -0.39 is 0 Å². The van der Waals surface area contributed by atoms with Crippen molar-refractivity contribution in [2.24, 2.45) is 11.7 Å². The predicted molar refractivity (Wildman–Crippen MR) is 120 cm³/mol. The van der Waals surface area contributed by atoms with Crippen molar-refractivity contribution in [2.45, 2.75) is 76.0 Å². The van der Waals surface area contributed by atoms with Crippen LogP contribution in [0, 0.1) is 0 Å². The Hall–Kier alpha value is -2.37. The summed E-state index contributed by atoms with van der Waals surface area (Å²) in [6, 6.07) is 10.6. The summed E-state index contributed by atoms with van der Waals surface area (Å²) in [7, 11) is 0. The van der Waals surface area contributed by atoms with Crippen LogP contribution in [0.3, 0.4) is 0 Å². The van der Waals surface area contributed by atoms with E-state index in [1.807, 2.05) is 12.1 Å². The molecular formula is C25H34N2O3. The molecule has 0 radical (unpaired) electrons. The molecule has 0 aromatic heterocycles. The normalized spacial score (nSPS) is 17.8. The second-order valence-electron chi connectivity index (χ2n) is 8.48. The number of hydrazine groups is 1. The van der Waals surface area contributed by atoms with Gasteiger partial charge in [0.1, 0.15) is 11.5 Å². The van der Waals surface area contributed by atoms with Crippen molar-refractivity contribution in [1.29, 1.82) is 0 Å². The van der Waals surface area contributed by atoms with Gasteiger partial charge < -0.3 is 10.2 Å². The lowest BCUT2D eigenvalue weighted by Crippen LogP contribution is -2.15. The van der Waals surface area contributed by atoms with Crippen molar-refractivity contribution in [1.82, 2.24) is 0 Å². The summed E-state index contributed by atoms with van der Waals surface area (Å²) in [5, 5.41) is 21.2. The maximum atomic E-state index is 13.7. The first kappa shape index (κ1) is 22.3. The first-order chi connectivity index (χ1) is 14.7. The van der Waals surface area contributed by atoms with Crippen LogP contribution in [0.25, 0.3) is 0 Å². The fourth-order valence-electron chi connectivity index (χ4n) is 5.29. The van der Waals surface area contributed by atoms with Crippen molar-refractivity contribution < 1.29 is 15.0 Å². The predicted octanol–water partition coefficient (Wildman–Crippen LogP) is 5.24. The van der Waals surface area contributed by atoms with E-state index in [1.54, 1.807) is 24.3 Å². The van der Waals surface area contributed by atoms with Gasteiger partial charge >= 0.3 is 0 Å². The minimum Gasteiger partial charge on any atom is -0.508 e. The molecule has 2 aromatic rings. The first-order valence-electron chi connectivity index (χ1n) is 11.2. The molecule has 2 aliphatic carbocycles. The summed E-state index contributed by atoms with van der Waals surface area (Å²) in [5.41, 5.74) is 2.83. The van der Waals surface area contributed by atoms with Crippen LogP contribution < -0.4 is 11.7 Å². The number of ketones is 1. The van der Waals surface area contributed by atoms with E-state index in [4.69, 9.17) is 0 Å². The van der Waals surface area contributed by atoms with E-state index in [9.17, 15) is 15.0 Å². The molecular weight excluding hydrogens is 376 g/mol. The Morgan fingerprint density at radius 2 is 1.03 bits per heavy atom. The van der Waals surface area contributed by atoms with Crippen LogP contribution >= 0.6 is 0 Å². The number of carbonyl (C=O) groups excluding carboxylic acids is 1. The van der Waals surface area contributed by atoms with Gasteiger partial charge in [0.05, 0.1) is 0 Å². The van der Waals surface area contributed by atoms with Gasteiger partial charge in [-0.15, -0.1) is 0 Å².